The zero-order valence-electron chi connectivity index (χ0n) is 17.3. The van der Waals surface area contributed by atoms with Crippen LogP contribution in [-0.2, 0) is 4.79 Å². The predicted octanol–water partition coefficient (Wildman–Crippen LogP) is 4.69. The lowest BCUT2D eigenvalue weighted by Crippen LogP contribution is -2.33. The van der Waals surface area contributed by atoms with Crippen LogP contribution in [0.2, 0.25) is 0 Å². The number of amides is 1. The van der Waals surface area contributed by atoms with Crippen molar-refractivity contribution in [2.24, 2.45) is 0 Å². The summed E-state index contributed by atoms with van der Waals surface area (Å²) in [5, 5.41) is 12.2. The SMILES string of the molecule is CC(Sc1nnc(-c2ccncc2)n1-c1ccccc1)C(=O)NC(C)c1ccccc1. The van der Waals surface area contributed by atoms with Crippen LogP contribution in [0.1, 0.15) is 25.5 Å². The standard InChI is InChI=1S/C24H23N5OS/c1-17(19-9-5-3-6-10-19)26-23(30)18(2)31-24-28-27-22(20-13-15-25-16-14-20)29(24)21-11-7-4-8-12-21/h3-18H,1-2H3,(H,26,30). The summed E-state index contributed by atoms with van der Waals surface area (Å²) >= 11 is 1.39. The second kappa shape index (κ2) is 9.57. The van der Waals surface area contributed by atoms with Gasteiger partial charge in [0.15, 0.2) is 11.0 Å². The van der Waals surface area contributed by atoms with Crippen molar-refractivity contribution in [1.29, 1.82) is 0 Å². The van der Waals surface area contributed by atoms with Crippen LogP contribution in [0.25, 0.3) is 17.1 Å². The van der Waals surface area contributed by atoms with Crippen LogP contribution in [0.3, 0.4) is 0 Å². The molecule has 2 atom stereocenters. The van der Waals surface area contributed by atoms with Crippen LogP contribution < -0.4 is 5.32 Å². The highest BCUT2D eigenvalue weighted by Crippen LogP contribution is 2.30. The third kappa shape index (κ3) is 4.83. The van der Waals surface area contributed by atoms with Crippen LogP contribution in [0, 0.1) is 0 Å². The van der Waals surface area contributed by atoms with Gasteiger partial charge in [-0.1, -0.05) is 60.3 Å². The monoisotopic (exact) mass is 429 g/mol. The van der Waals surface area contributed by atoms with E-state index in [2.05, 4.69) is 20.5 Å². The number of carbonyl (C=O) groups is 1. The molecular formula is C24H23N5OS. The maximum Gasteiger partial charge on any atom is 0.233 e. The van der Waals surface area contributed by atoms with Crippen LogP contribution in [0.5, 0.6) is 0 Å². The van der Waals surface area contributed by atoms with E-state index < -0.39 is 0 Å². The van der Waals surface area contributed by atoms with E-state index in [0.717, 1.165) is 16.8 Å². The average molecular weight is 430 g/mol. The Hall–Kier alpha value is -3.45. The molecule has 2 aromatic carbocycles. The van der Waals surface area contributed by atoms with Crippen LogP contribution in [-0.4, -0.2) is 30.9 Å². The first-order chi connectivity index (χ1) is 15.1. The summed E-state index contributed by atoms with van der Waals surface area (Å²) in [5.74, 6) is 0.663. The molecule has 7 heteroatoms. The summed E-state index contributed by atoms with van der Waals surface area (Å²) in [7, 11) is 0. The average Bonchev–Trinajstić information content (AvgIpc) is 3.24. The molecule has 2 unspecified atom stereocenters. The lowest BCUT2D eigenvalue weighted by atomic mass is 10.1. The summed E-state index contributed by atoms with van der Waals surface area (Å²) in [6.45, 7) is 3.87. The van der Waals surface area contributed by atoms with Crippen molar-refractivity contribution in [3.63, 3.8) is 0 Å². The smallest absolute Gasteiger partial charge is 0.233 e. The van der Waals surface area contributed by atoms with E-state index in [1.165, 1.54) is 11.8 Å². The molecule has 0 aliphatic rings. The van der Waals surface area contributed by atoms with Gasteiger partial charge >= 0.3 is 0 Å². The van der Waals surface area contributed by atoms with Gasteiger partial charge in [0.25, 0.3) is 0 Å². The Labute approximate surface area is 185 Å². The Morgan fingerprint density at radius 3 is 2.23 bits per heavy atom. The number of rotatable bonds is 7. The fraction of sp³-hybridized carbons (Fsp3) is 0.167. The summed E-state index contributed by atoms with van der Waals surface area (Å²) < 4.78 is 1.98. The minimum atomic E-state index is -0.344. The molecule has 4 aromatic rings. The fourth-order valence-electron chi connectivity index (χ4n) is 3.21. The topological polar surface area (TPSA) is 72.7 Å². The fourth-order valence-corrected chi connectivity index (χ4v) is 4.09. The van der Waals surface area contributed by atoms with Crippen molar-refractivity contribution in [2.75, 3.05) is 0 Å². The minimum Gasteiger partial charge on any atom is -0.349 e. The number of nitrogens with zero attached hydrogens (tertiary/aromatic N) is 4. The van der Waals surface area contributed by atoms with Gasteiger partial charge in [-0.25, -0.2) is 0 Å². The highest BCUT2D eigenvalue weighted by atomic mass is 32.2. The van der Waals surface area contributed by atoms with Crippen molar-refractivity contribution in [3.05, 3.63) is 90.8 Å². The minimum absolute atomic E-state index is 0.0468. The molecule has 4 rings (SSSR count). The Bertz CT molecular complexity index is 1130. The molecule has 2 heterocycles. The van der Waals surface area contributed by atoms with Gasteiger partial charge in [0.2, 0.25) is 5.91 Å². The maximum absolute atomic E-state index is 12.9. The molecule has 0 aliphatic heterocycles. The van der Waals surface area contributed by atoms with Crippen molar-refractivity contribution in [1.82, 2.24) is 25.1 Å². The van der Waals surface area contributed by atoms with Crippen molar-refractivity contribution < 1.29 is 4.79 Å². The quantitative estimate of drug-likeness (QED) is 0.432. The molecule has 0 fully saturated rings. The van der Waals surface area contributed by atoms with Gasteiger partial charge in [0.05, 0.1) is 11.3 Å². The van der Waals surface area contributed by atoms with Crippen LogP contribution in [0.15, 0.2) is 90.3 Å². The molecule has 0 aliphatic carbocycles. The highest BCUT2D eigenvalue weighted by molar-refractivity contribution is 8.00. The zero-order chi connectivity index (χ0) is 21.6. The highest BCUT2D eigenvalue weighted by Gasteiger charge is 2.23. The Balaban J connectivity index is 1.58. The molecule has 156 valence electrons. The molecule has 0 saturated carbocycles. The molecule has 1 amide bonds. The van der Waals surface area contributed by atoms with Gasteiger partial charge in [0, 0.05) is 23.6 Å². The lowest BCUT2D eigenvalue weighted by Gasteiger charge is -2.18. The Morgan fingerprint density at radius 1 is 0.903 bits per heavy atom. The van der Waals surface area contributed by atoms with E-state index in [4.69, 9.17) is 0 Å². The first kappa shape index (κ1) is 20.8. The molecule has 6 nitrogen and oxygen atoms in total. The van der Waals surface area contributed by atoms with E-state index in [1.54, 1.807) is 12.4 Å². The summed E-state index contributed by atoms with van der Waals surface area (Å²) in [5.41, 5.74) is 2.92. The number of benzene rings is 2. The van der Waals surface area contributed by atoms with E-state index in [1.807, 2.05) is 91.2 Å². The number of hydrogen-bond acceptors (Lipinski definition) is 5. The van der Waals surface area contributed by atoms with Crippen molar-refractivity contribution in [2.45, 2.75) is 30.3 Å². The normalized spacial score (nSPS) is 12.8. The molecule has 0 bridgehead atoms. The van der Waals surface area contributed by atoms with Gasteiger partial charge in [-0.15, -0.1) is 10.2 Å². The molecular weight excluding hydrogens is 406 g/mol. The molecule has 0 spiro atoms. The van der Waals surface area contributed by atoms with Gasteiger partial charge in [-0.05, 0) is 43.7 Å². The maximum atomic E-state index is 12.9. The molecule has 2 aromatic heterocycles. The third-order valence-electron chi connectivity index (χ3n) is 4.90. The van der Waals surface area contributed by atoms with Crippen LogP contribution >= 0.6 is 11.8 Å². The number of nitrogens with one attached hydrogen (secondary N) is 1. The van der Waals surface area contributed by atoms with Crippen LogP contribution in [0.4, 0.5) is 0 Å². The number of para-hydroxylation sites is 1. The lowest BCUT2D eigenvalue weighted by molar-refractivity contribution is -0.120. The van der Waals surface area contributed by atoms with Gasteiger partial charge in [0.1, 0.15) is 0 Å². The van der Waals surface area contributed by atoms with Crippen molar-refractivity contribution in [3.8, 4) is 17.1 Å². The molecule has 31 heavy (non-hydrogen) atoms. The Morgan fingerprint density at radius 2 is 1.55 bits per heavy atom. The number of hydrogen-bond donors (Lipinski definition) is 1. The summed E-state index contributed by atoms with van der Waals surface area (Å²) in [6, 6.07) is 23.6. The first-order valence-electron chi connectivity index (χ1n) is 10.1. The molecule has 1 N–H and O–H groups in total. The number of carbonyl (C=O) groups excluding carboxylic acids is 1. The van der Waals surface area contributed by atoms with Gasteiger partial charge in [-0.3, -0.25) is 14.3 Å². The van der Waals surface area contributed by atoms with E-state index in [0.29, 0.717) is 11.0 Å². The largest absolute Gasteiger partial charge is 0.349 e. The van der Waals surface area contributed by atoms with E-state index >= 15 is 0 Å². The Kier molecular flexibility index (Phi) is 6.43. The zero-order valence-corrected chi connectivity index (χ0v) is 18.2. The van der Waals surface area contributed by atoms with E-state index in [-0.39, 0.29) is 17.2 Å². The second-order valence-electron chi connectivity index (χ2n) is 7.11. The van der Waals surface area contributed by atoms with Gasteiger partial charge < -0.3 is 5.32 Å². The van der Waals surface area contributed by atoms with E-state index in [9.17, 15) is 4.79 Å². The second-order valence-corrected chi connectivity index (χ2v) is 8.42. The third-order valence-corrected chi connectivity index (χ3v) is 5.94. The molecule has 0 radical (unpaired) electrons. The summed E-state index contributed by atoms with van der Waals surface area (Å²) in [6.07, 6.45) is 3.46. The number of aromatic nitrogens is 4. The summed E-state index contributed by atoms with van der Waals surface area (Å²) in [4.78, 5) is 16.9. The van der Waals surface area contributed by atoms with Gasteiger partial charge in [-0.2, -0.15) is 0 Å². The molecule has 0 saturated heterocycles. The predicted molar refractivity (Wildman–Crippen MR) is 123 cm³/mol. The number of thioether (sulfide) groups is 1. The first-order valence-corrected chi connectivity index (χ1v) is 10.9. The van der Waals surface area contributed by atoms with Crippen molar-refractivity contribution >= 4 is 17.7 Å². The number of pyridine rings is 1.